The minimum atomic E-state index is -0.310. The number of pyridine rings is 1. The number of para-hydroxylation sites is 1. The number of nitrogens with zero attached hydrogens (tertiary/aromatic N) is 5. The van der Waals surface area contributed by atoms with Crippen LogP contribution in [0, 0.1) is 0 Å². The van der Waals surface area contributed by atoms with Crippen molar-refractivity contribution >= 4 is 21.9 Å². The van der Waals surface area contributed by atoms with Gasteiger partial charge in [0.1, 0.15) is 5.65 Å². The Morgan fingerprint density at radius 3 is 1.89 bits per heavy atom. The van der Waals surface area contributed by atoms with Gasteiger partial charge in [0.25, 0.3) is 0 Å². The summed E-state index contributed by atoms with van der Waals surface area (Å²) in [6, 6.07) is 46.4. The molecular formula is C41H29N5. The highest BCUT2D eigenvalue weighted by molar-refractivity contribution is 6.07. The largest absolute Gasteiger partial charge is 0.294 e. The molecule has 0 radical (unpaired) electrons. The highest BCUT2D eigenvalue weighted by Gasteiger charge is 2.38. The highest BCUT2D eigenvalue weighted by Crippen LogP contribution is 2.52. The topological polar surface area (TPSA) is 56.5 Å². The molecule has 0 saturated heterocycles. The summed E-state index contributed by atoms with van der Waals surface area (Å²) in [5, 5.41) is 2.36. The predicted octanol–water partition coefficient (Wildman–Crippen LogP) is 9.67. The fourth-order valence-electron chi connectivity index (χ4n) is 7.18. The molecule has 3 heterocycles. The first-order chi connectivity index (χ1) is 22.6. The van der Waals surface area contributed by atoms with Crippen LogP contribution >= 0.6 is 0 Å². The zero-order chi connectivity index (χ0) is 30.8. The first kappa shape index (κ1) is 26.5. The van der Waals surface area contributed by atoms with Crippen LogP contribution in [0.15, 0.2) is 140 Å². The summed E-state index contributed by atoms with van der Waals surface area (Å²) in [7, 11) is 0. The van der Waals surface area contributed by atoms with Crippen molar-refractivity contribution in [3.8, 4) is 51.0 Å². The van der Waals surface area contributed by atoms with Gasteiger partial charge in [-0.15, -0.1) is 0 Å². The Morgan fingerprint density at radius 1 is 0.522 bits per heavy atom. The van der Waals surface area contributed by atoms with E-state index >= 15 is 0 Å². The van der Waals surface area contributed by atoms with Gasteiger partial charge < -0.3 is 0 Å². The van der Waals surface area contributed by atoms with E-state index in [2.05, 4.69) is 85.1 Å². The molecule has 0 unspecified atom stereocenters. The Hall–Kier alpha value is -5.94. The number of rotatable bonds is 4. The van der Waals surface area contributed by atoms with Crippen molar-refractivity contribution in [2.45, 2.75) is 19.3 Å². The third kappa shape index (κ3) is 3.95. The molecule has 0 N–H and O–H groups in total. The average molecular weight is 592 g/mol. The Kier molecular flexibility index (Phi) is 5.78. The second kappa shape index (κ2) is 10.0. The van der Waals surface area contributed by atoms with Crippen LogP contribution in [-0.2, 0) is 5.41 Å². The van der Waals surface area contributed by atoms with Crippen LogP contribution in [0.25, 0.3) is 72.9 Å². The van der Waals surface area contributed by atoms with E-state index in [1.54, 1.807) is 0 Å². The molecule has 5 heteroatoms. The molecule has 5 aromatic carbocycles. The molecule has 0 fully saturated rings. The first-order valence-electron chi connectivity index (χ1n) is 15.6. The summed E-state index contributed by atoms with van der Waals surface area (Å²) in [5.41, 5.74) is 10.8. The zero-order valence-corrected chi connectivity index (χ0v) is 25.5. The van der Waals surface area contributed by atoms with Gasteiger partial charge in [0, 0.05) is 44.8 Å². The summed E-state index contributed by atoms with van der Waals surface area (Å²) in [6.07, 6.45) is 1.87. The molecule has 5 nitrogen and oxygen atoms in total. The second-order valence-electron chi connectivity index (χ2n) is 12.3. The molecule has 1 aliphatic carbocycles. The molecule has 218 valence electrons. The van der Waals surface area contributed by atoms with Crippen LogP contribution in [-0.4, -0.2) is 24.5 Å². The summed E-state index contributed by atoms with van der Waals surface area (Å²) in [5.74, 6) is 2.00. The van der Waals surface area contributed by atoms with E-state index in [1.807, 2.05) is 72.9 Å². The van der Waals surface area contributed by atoms with Gasteiger partial charge in [-0.1, -0.05) is 117 Å². The molecule has 1 aliphatic rings. The van der Waals surface area contributed by atoms with Crippen LogP contribution < -0.4 is 0 Å². The summed E-state index contributed by atoms with van der Waals surface area (Å²) in [4.78, 5) is 19.9. The van der Waals surface area contributed by atoms with E-state index in [0.717, 1.165) is 38.9 Å². The van der Waals surface area contributed by atoms with Gasteiger partial charge in [-0.2, -0.15) is 0 Å². The maximum absolute atomic E-state index is 5.10. The lowest BCUT2D eigenvalue weighted by Gasteiger charge is -2.24. The van der Waals surface area contributed by atoms with Gasteiger partial charge in [-0.25, -0.2) is 19.9 Å². The average Bonchev–Trinajstić information content (AvgIpc) is 3.57. The minimum absolute atomic E-state index is 0.310. The quantitative estimate of drug-likeness (QED) is 0.204. The van der Waals surface area contributed by atoms with Crippen LogP contribution in [0.4, 0.5) is 0 Å². The van der Waals surface area contributed by atoms with Crippen molar-refractivity contribution in [3.63, 3.8) is 0 Å². The first-order valence-corrected chi connectivity index (χ1v) is 15.6. The molecule has 0 spiro atoms. The number of hydrogen-bond donors (Lipinski definition) is 0. The lowest BCUT2D eigenvalue weighted by Crippen LogP contribution is -2.17. The molecular weight excluding hydrogens is 562 g/mol. The van der Waals surface area contributed by atoms with Crippen LogP contribution in [0.1, 0.15) is 25.0 Å². The van der Waals surface area contributed by atoms with Crippen molar-refractivity contribution in [1.29, 1.82) is 0 Å². The maximum Gasteiger partial charge on any atom is 0.164 e. The van der Waals surface area contributed by atoms with Gasteiger partial charge in [0.15, 0.2) is 17.5 Å². The fourth-order valence-corrected chi connectivity index (χ4v) is 7.18. The van der Waals surface area contributed by atoms with E-state index in [0.29, 0.717) is 17.5 Å². The Balaban J connectivity index is 1.24. The zero-order valence-electron chi connectivity index (χ0n) is 25.5. The predicted molar refractivity (Wildman–Crippen MR) is 186 cm³/mol. The molecule has 8 aromatic rings. The van der Waals surface area contributed by atoms with Crippen LogP contribution in [0.3, 0.4) is 0 Å². The van der Waals surface area contributed by atoms with Crippen molar-refractivity contribution in [2.24, 2.45) is 0 Å². The molecule has 0 atom stereocenters. The van der Waals surface area contributed by atoms with Gasteiger partial charge in [-0.05, 0) is 52.6 Å². The third-order valence-electron chi connectivity index (χ3n) is 9.29. The van der Waals surface area contributed by atoms with E-state index in [4.69, 9.17) is 19.9 Å². The molecule has 0 saturated carbocycles. The lowest BCUT2D eigenvalue weighted by atomic mass is 9.80. The lowest BCUT2D eigenvalue weighted by molar-refractivity contribution is 0.660. The number of hydrogen-bond acceptors (Lipinski definition) is 4. The third-order valence-corrected chi connectivity index (χ3v) is 9.29. The smallest absolute Gasteiger partial charge is 0.164 e. The molecule has 0 bridgehead atoms. The van der Waals surface area contributed by atoms with Gasteiger partial charge in [-0.3, -0.25) is 4.57 Å². The van der Waals surface area contributed by atoms with Crippen molar-refractivity contribution < 1.29 is 0 Å². The second-order valence-corrected chi connectivity index (χ2v) is 12.3. The van der Waals surface area contributed by atoms with Crippen molar-refractivity contribution in [1.82, 2.24) is 24.5 Å². The standard InChI is InChI=1S/C41H29N5/c1-41(2)34-25-28(46-35-21-10-9-17-30(35)32-20-12-24-42-40(32)46)22-23-29(34)31-18-11-19-33(36(31)41)39-44-37(26-13-5-3-6-14-26)43-38(45-39)27-15-7-4-8-16-27/h3-25H,1-2H3. The van der Waals surface area contributed by atoms with Crippen molar-refractivity contribution in [3.05, 3.63) is 151 Å². The number of aromatic nitrogens is 5. The highest BCUT2D eigenvalue weighted by atomic mass is 15.0. The SMILES string of the molecule is CC1(C)c2cc(-n3c4ccccc4c4cccnc43)ccc2-c2cccc(-c3nc(-c4ccccc4)nc(-c4ccccc4)n3)c21. The van der Waals surface area contributed by atoms with Crippen LogP contribution in [0.5, 0.6) is 0 Å². The molecule has 0 aliphatic heterocycles. The number of fused-ring (bicyclic) bond motifs is 6. The summed E-state index contributed by atoms with van der Waals surface area (Å²) < 4.78 is 2.29. The van der Waals surface area contributed by atoms with E-state index in [1.165, 1.54) is 27.6 Å². The molecule has 46 heavy (non-hydrogen) atoms. The molecule has 9 rings (SSSR count). The van der Waals surface area contributed by atoms with E-state index < -0.39 is 0 Å². The monoisotopic (exact) mass is 591 g/mol. The van der Waals surface area contributed by atoms with Crippen LogP contribution in [0.2, 0.25) is 0 Å². The molecule has 3 aromatic heterocycles. The van der Waals surface area contributed by atoms with Crippen molar-refractivity contribution in [2.75, 3.05) is 0 Å². The normalized spacial score (nSPS) is 13.2. The Labute approximate surface area is 266 Å². The van der Waals surface area contributed by atoms with E-state index in [9.17, 15) is 0 Å². The fraction of sp³-hybridized carbons (Fsp3) is 0.0732. The maximum atomic E-state index is 5.10. The van der Waals surface area contributed by atoms with Gasteiger partial charge in [0.05, 0.1) is 5.52 Å². The summed E-state index contributed by atoms with van der Waals surface area (Å²) in [6.45, 7) is 4.62. The molecule has 0 amide bonds. The number of benzene rings is 5. The Morgan fingerprint density at radius 2 is 1.15 bits per heavy atom. The summed E-state index contributed by atoms with van der Waals surface area (Å²) >= 11 is 0. The van der Waals surface area contributed by atoms with Gasteiger partial charge >= 0.3 is 0 Å². The minimum Gasteiger partial charge on any atom is -0.294 e. The van der Waals surface area contributed by atoms with E-state index in [-0.39, 0.29) is 5.41 Å². The Bertz CT molecular complexity index is 2330. The van der Waals surface area contributed by atoms with Gasteiger partial charge in [0.2, 0.25) is 0 Å².